The minimum Gasteiger partial charge on any atom is -0.402 e. The van der Waals surface area contributed by atoms with E-state index in [9.17, 15) is 0 Å². The van der Waals surface area contributed by atoms with Gasteiger partial charge in [-0.1, -0.05) is 13.8 Å². The van der Waals surface area contributed by atoms with Gasteiger partial charge in [0.2, 0.25) is 0 Å². The maximum absolute atomic E-state index is 5.89. The van der Waals surface area contributed by atoms with E-state index in [4.69, 9.17) is 5.73 Å². The van der Waals surface area contributed by atoms with Crippen molar-refractivity contribution in [1.82, 2.24) is 4.90 Å². The molecule has 1 saturated heterocycles. The highest BCUT2D eigenvalue weighted by atomic mass is 15.2. The van der Waals surface area contributed by atoms with Crippen molar-refractivity contribution in [1.29, 1.82) is 0 Å². The van der Waals surface area contributed by atoms with Crippen molar-refractivity contribution in [2.75, 3.05) is 13.1 Å². The van der Waals surface area contributed by atoms with Gasteiger partial charge in [-0.2, -0.15) is 0 Å². The maximum atomic E-state index is 5.89. The Labute approximate surface area is 81.8 Å². The van der Waals surface area contributed by atoms with Crippen molar-refractivity contribution in [3.05, 3.63) is 11.3 Å². The molecule has 76 valence electrons. The van der Waals surface area contributed by atoms with Crippen molar-refractivity contribution in [2.24, 2.45) is 5.73 Å². The molecule has 2 heteroatoms. The predicted molar refractivity (Wildman–Crippen MR) is 57.4 cm³/mol. The van der Waals surface area contributed by atoms with Crippen LogP contribution >= 0.6 is 0 Å². The fourth-order valence-corrected chi connectivity index (χ4v) is 2.26. The standard InChI is InChI=1S/C9H16N2.C2H6/c1-7-8(10)4-6-11-5-2-3-9(7)11;1-2/h9H,2-6,10H2,1H3;1-2H3. The summed E-state index contributed by atoms with van der Waals surface area (Å²) in [6, 6.07) is 0.698. The van der Waals surface area contributed by atoms with Gasteiger partial charge in [0.05, 0.1) is 0 Å². The summed E-state index contributed by atoms with van der Waals surface area (Å²) in [5.74, 6) is 0. The zero-order chi connectivity index (χ0) is 9.84. The Balaban J connectivity index is 0.000000396. The first-order valence-electron chi connectivity index (χ1n) is 5.48. The lowest BCUT2D eigenvalue weighted by Gasteiger charge is -2.31. The highest BCUT2D eigenvalue weighted by Gasteiger charge is 2.29. The van der Waals surface area contributed by atoms with Gasteiger partial charge in [0, 0.05) is 18.3 Å². The van der Waals surface area contributed by atoms with Gasteiger partial charge in [0.15, 0.2) is 0 Å². The van der Waals surface area contributed by atoms with E-state index < -0.39 is 0 Å². The van der Waals surface area contributed by atoms with Gasteiger partial charge in [-0.15, -0.1) is 0 Å². The summed E-state index contributed by atoms with van der Waals surface area (Å²) >= 11 is 0. The zero-order valence-electron chi connectivity index (χ0n) is 9.14. The summed E-state index contributed by atoms with van der Waals surface area (Å²) < 4.78 is 0. The van der Waals surface area contributed by atoms with Crippen molar-refractivity contribution in [3.63, 3.8) is 0 Å². The Hall–Kier alpha value is -0.500. The van der Waals surface area contributed by atoms with E-state index in [1.165, 1.54) is 31.5 Å². The lowest BCUT2D eigenvalue weighted by atomic mass is 9.99. The van der Waals surface area contributed by atoms with E-state index >= 15 is 0 Å². The molecule has 1 atom stereocenters. The minimum absolute atomic E-state index is 0.698. The van der Waals surface area contributed by atoms with Gasteiger partial charge >= 0.3 is 0 Å². The maximum Gasteiger partial charge on any atom is 0.0325 e. The third-order valence-corrected chi connectivity index (χ3v) is 3.04. The van der Waals surface area contributed by atoms with Crippen LogP contribution < -0.4 is 5.73 Å². The first-order valence-corrected chi connectivity index (χ1v) is 5.48. The topological polar surface area (TPSA) is 29.3 Å². The first-order chi connectivity index (χ1) is 6.29. The van der Waals surface area contributed by atoms with E-state index in [2.05, 4.69) is 11.8 Å². The Morgan fingerprint density at radius 2 is 2.00 bits per heavy atom. The van der Waals surface area contributed by atoms with Crippen LogP contribution in [0.25, 0.3) is 0 Å². The highest BCUT2D eigenvalue weighted by Crippen LogP contribution is 2.28. The van der Waals surface area contributed by atoms with E-state index in [-0.39, 0.29) is 0 Å². The highest BCUT2D eigenvalue weighted by molar-refractivity contribution is 5.20. The summed E-state index contributed by atoms with van der Waals surface area (Å²) in [5, 5.41) is 0. The Kier molecular flexibility index (Phi) is 3.79. The van der Waals surface area contributed by atoms with Crippen LogP contribution in [0, 0.1) is 0 Å². The average Bonchev–Trinajstić information content (AvgIpc) is 2.63. The second kappa shape index (κ2) is 4.66. The van der Waals surface area contributed by atoms with E-state index in [1.54, 1.807) is 0 Å². The molecule has 0 amide bonds. The largest absolute Gasteiger partial charge is 0.402 e. The molecular weight excluding hydrogens is 160 g/mol. The van der Waals surface area contributed by atoms with Gasteiger partial charge in [0.1, 0.15) is 0 Å². The summed E-state index contributed by atoms with van der Waals surface area (Å²) in [7, 11) is 0. The lowest BCUT2D eigenvalue weighted by molar-refractivity contribution is 0.266. The predicted octanol–water partition coefficient (Wildman–Crippen LogP) is 2.11. The molecule has 0 aromatic carbocycles. The van der Waals surface area contributed by atoms with Crippen molar-refractivity contribution in [2.45, 2.75) is 46.1 Å². The molecule has 13 heavy (non-hydrogen) atoms. The van der Waals surface area contributed by atoms with Gasteiger partial charge < -0.3 is 5.73 Å². The summed E-state index contributed by atoms with van der Waals surface area (Å²) in [6.45, 7) is 8.67. The van der Waals surface area contributed by atoms with Crippen LogP contribution in [-0.4, -0.2) is 24.0 Å². The normalized spacial score (nSPS) is 28.1. The molecule has 2 N–H and O–H groups in total. The third kappa shape index (κ3) is 2.05. The molecule has 1 unspecified atom stereocenters. The smallest absolute Gasteiger partial charge is 0.0325 e. The lowest BCUT2D eigenvalue weighted by Crippen LogP contribution is -2.37. The Morgan fingerprint density at radius 1 is 1.31 bits per heavy atom. The number of fused-ring (bicyclic) bond motifs is 1. The summed E-state index contributed by atoms with van der Waals surface area (Å²) in [5.41, 5.74) is 8.47. The molecular formula is C11H22N2. The van der Waals surface area contributed by atoms with E-state index in [1.807, 2.05) is 13.8 Å². The molecule has 0 aromatic rings. The van der Waals surface area contributed by atoms with E-state index in [0.717, 1.165) is 12.1 Å². The number of hydrogen-bond acceptors (Lipinski definition) is 2. The van der Waals surface area contributed by atoms with Crippen LogP contribution in [0.5, 0.6) is 0 Å². The molecule has 0 saturated carbocycles. The average molecular weight is 182 g/mol. The molecule has 0 aliphatic carbocycles. The van der Waals surface area contributed by atoms with Gasteiger partial charge in [-0.05, 0) is 38.3 Å². The van der Waals surface area contributed by atoms with Crippen molar-refractivity contribution in [3.8, 4) is 0 Å². The molecule has 0 aromatic heterocycles. The Bertz CT molecular complexity index is 196. The molecule has 1 fully saturated rings. The number of nitrogens with two attached hydrogens (primary N) is 1. The van der Waals surface area contributed by atoms with Crippen LogP contribution in [0.3, 0.4) is 0 Å². The molecule has 2 rings (SSSR count). The van der Waals surface area contributed by atoms with Gasteiger partial charge in [-0.25, -0.2) is 0 Å². The fraction of sp³-hybridized carbons (Fsp3) is 0.818. The van der Waals surface area contributed by atoms with E-state index in [0.29, 0.717) is 6.04 Å². The Morgan fingerprint density at radius 3 is 2.69 bits per heavy atom. The van der Waals surface area contributed by atoms with Gasteiger partial charge in [-0.3, -0.25) is 4.90 Å². The molecule has 0 radical (unpaired) electrons. The monoisotopic (exact) mass is 182 g/mol. The van der Waals surface area contributed by atoms with Crippen LogP contribution in [0.2, 0.25) is 0 Å². The van der Waals surface area contributed by atoms with Crippen LogP contribution in [0.15, 0.2) is 11.3 Å². The fourth-order valence-electron chi connectivity index (χ4n) is 2.26. The second-order valence-electron chi connectivity index (χ2n) is 3.65. The first kappa shape index (κ1) is 10.6. The molecule has 2 heterocycles. The number of hydrogen-bond donors (Lipinski definition) is 1. The minimum atomic E-state index is 0.698. The van der Waals surface area contributed by atoms with Crippen molar-refractivity contribution < 1.29 is 0 Å². The molecule has 0 spiro atoms. The van der Waals surface area contributed by atoms with Crippen molar-refractivity contribution >= 4 is 0 Å². The number of nitrogens with zero attached hydrogens (tertiary/aromatic N) is 1. The summed E-state index contributed by atoms with van der Waals surface area (Å²) in [4.78, 5) is 2.56. The third-order valence-electron chi connectivity index (χ3n) is 3.04. The quantitative estimate of drug-likeness (QED) is 0.621. The van der Waals surface area contributed by atoms with Crippen LogP contribution in [0.4, 0.5) is 0 Å². The molecule has 2 aliphatic rings. The summed E-state index contributed by atoms with van der Waals surface area (Å²) in [6.07, 6.45) is 3.77. The van der Waals surface area contributed by atoms with Crippen LogP contribution in [-0.2, 0) is 0 Å². The SMILES string of the molecule is CC.CC1=C(N)CCN2CCCC12. The van der Waals surface area contributed by atoms with Crippen LogP contribution in [0.1, 0.15) is 40.0 Å². The zero-order valence-corrected chi connectivity index (χ0v) is 9.14. The van der Waals surface area contributed by atoms with Gasteiger partial charge in [0.25, 0.3) is 0 Å². The molecule has 2 nitrogen and oxygen atoms in total. The number of rotatable bonds is 0. The molecule has 2 aliphatic heterocycles. The second-order valence-corrected chi connectivity index (χ2v) is 3.65. The molecule has 0 bridgehead atoms.